The van der Waals surface area contributed by atoms with Crippen molar-refractivity contribution >= 4 is 5.97 Å². The quantitative estimate of drug-likeness (QED) is 0.856. The minimum atomic E-state index is -1.03. The van der Waals surface area contributed by atoms with Crippen molar-refractivity contribution in [3.05, 3.63) is 29.1 Å². The van der Waals surface area contributed by atoms with E-state index >= 15 is 0 Å². The highest BCUT2D eigenvalue weighted by Gasteiger charge is 2.54. The number of halogens is 1. The van der Waals surface area contributed by atoms with Gasteiger partial charge in [0.25, 0.3) is 0 Å². The van der Waals surface area contributed by atoms with Gasteiger partial charge in [0, 0.05) is 5.56 Å². The zero-order chi connectivity index (χ0) is 11.9. The van der Waals surface area contributed by atoms with Gasteiger partial charge in [-0.05, 0) is 37.5 Å². The van der Waals surface area contributed by atoms with E-state index in [0.717, 1.165) is 0 Å². The van der Waals surface area contributed by atoms with Crippen molar-refractivity contribution in [2.75, 3.05) is 7.11 Å². The molecule has 0 amide bonds. The molecule has 0 atom stereocenters. The fourth-order valence-electron chi connectivity index (χ4n) is 2.16. The molecule has 86 valence electrons. The molecule has 16 heavy (non-hydrogen) atoms. The van der Waals surface area contributed by atoms with E-state index in [1.165, 1.54) is 19.2 Å². The van der Waals surface area contributed by atoms with E-state index in [9.17, 15) is 9.18 Å². The number of carboxylic acid groups (broad SMARTS) is 1. The Morgan fingerprint density at radius 1 is 1.50 bits per heavy atom. The van der Waals surface area contributed by atoms with Crippen LogP contribution in [0.15, 0.2) is 12.1 Å². The molecule has 0 saturated heterocycles. The Balaban J connectivity index is 2.60. The third-order valence-corrected chi connectivity index (χ3v) is 3.22. The first-order valence-corrected chi connectivity index (χ1v) is 5.10. The van der Waals surface area contributed by atoms with E-state index in [2.05, 4.69) is 0 Å². The molecule has 0 unspecified atom stereocenters. The smallest absolute Gasteiger partial charge is 0.314 e. The lowest BCUT2D eigenvalue weighted by atomic mass is 9.91. The first-order valence-electron chi connectivity index (χ1n) is 5.10. The molecule has 1 saturated carbocycles. The normalized spacial score (nSPS) is 16.9. The standard InChI is InChI=1S/C12H13FO3/c1-7-9(16-2)4-3-8(13)10(7)12(5-6-12)11(14)15/h3-4H,5-6H2,1-2H3,(H,14,15). The van der Waals surface area contributed by atoms with Gasteiger partial charge in [-0.25, -0.2) is 4.39 Å². The molecule has 0 spiro atoms. The van der Waals surface area contributed by atoms with Crippen molar-refractivity contribution in [3.8, 4) is 5.75 Å². The number of carbonyl (C=O) groups is 1. The van der Waals surface area contributed by atoms with Crippen LogP contribution < -0.4 is 4.74 Å². The topological polar surface area (TPSA) is 46.5 Å². The van der Waals surface area contributed by atoms with E-state index in [-0.39, 0.29) is 5.56 Å². The van der Waals surface area contributed by atoms with Crippen molar-refractivity contribution in [1.82, 2.24) is 0 Å². The van der Waals surface area contributed by atoms with Crippen LogP contribution in [0.4, 0.5) is 4.39 Å². The molecule has 0 radical (unpaired) electrons. The fraction of sp³-hybridized carbons (Fsp3) is 0.417. The molecule has 0 aliphatic heterocycles. The Morgan fingerprint density at radius 3 is 2.56 bits per heavy atom. The van der Waals surface area contributed by atoms with Crippen molar-refractivity contribution in [3.63, 3.8) is 0 Å². The summed E-state index contributed by atoms with van der Waals surface area (Å²) in [6, 6.07) is 2.79. The number of rotatable bonds is 3. The number of aliphatic carboxylic acids is 1. The van der Waals surface area contributed by atoms with Gasteiger partial charge in [-0.15, -0.1) is 0 Å². The molecule has 0 aromatic heterocycles. The van der Waals surface area contributed by atoms with Crippen molar-refractivity contribution in [2.45, 2.75) is 25.2 Å². The lowest BCUT2D eigenvalue weighted by molar-refractivity contribution is -0.140. The maximum atomic E-state index is 13.7. The van der Waals surface area contributed by atoms with Crippen molar-refractivity contribution in [1.29, 1.82) is 0 Å². The molecule has 1 aromatic carbocycles. The minimum Gasteiger partial charge on any atom is -0.496 e. The molecular weight excluding hydrogens is 211 g/mol. The highest BCUT2D eigenvalue weighted by Crippen LogP contribution is 2.51. The second-order valence-electron chi connectivity index (χ2n) is 4.14. The van der Waals surface area contributed by atoms with Gasteiger partial charge in [0.15, 0.2) is 0 Å². The highest BCUT2D eigenvalue weighted by molar-refractivity contribution is 5.85. The Hall–Kier alpha value is -1.58. The van der Waals surface area contributed by atoms with Gasteiger partial charge >= 0.3 is 5.97 Å². The lowest BCUT2D eigenvalue weighted by Gasteiger charge is -2.16. The first kappa shape index (κ1) is 10.9. The Bertz CT molecular complexity index is 450. The van der Waals surface area contributed by atoms with Gasteiger partial charge < -0.3 is 9.84 Å². The molecule has 1 fully saturated rings. The molecule has 0 bridgehead atoms. The van der Waals surface area contributed by atoms with Gasteiger partial charge in [-0.2, -0.15) is 0 Å². The van der Waals surface area contributed by atoms with E-state index in [0.29, 0.717) is 24.2 Å². The van der Waals surface area contributed by atoms with Gasteiger partial charge in [0.2, 0.25) is 0 Å². The summed E-state index contributed by atoms with van der Waals surface area (Å²) in [5.74, 6) is -0.884. The Kier molecular flexibility index (Phi) is 2.37. The van der Waals surface area contributed by atoms with Crippen LogP contribution in [0.1, 0.15) is 24.0 Å². The summed E-state index contributed by atoms with van der Waals surface area (Å²) in [6.45, 7) is 1.69. The molecule has 1 aliphatic rings. The van der Waals surface area contributed by atoms with Gasteiger partial charge in [0.05, 0.1) is 12.5 Å². The van der Waals surface area contributed by atoms with Crippen LogP contribution in [0.25, 0.3) is 0 Å². The number of methoxy groups -OCH3 is 1. The summed E-state index contributed by atoms with van der Waals surface area (Å²) in [4.78, 5) is 11.2. The molecule has 3 nitrogen and oxygen atoms in total. The molecule has 1 aliphatic carbocycles. The summed E-state index contributed by atoms with van der Waals surface area (Å²) in [7, 11) is 1.49. The summed E-state index contributed by atoms with van der Waals surface area (Å²) in [5.41, 5.74) is -0.162. The number of hydrogen-bond donors (Lipinski definition) is 1. The van der Waals surface area contributed by atoms with Crippen LogP contribution in [0.3, 0.4) is 0 Å². The monoisotopic (exact) mass is 224 g/mol. The summed E-state index contributed by atoms with van der Waals surface area (Å²) >= 11 is 0. The van der Waals surface area contributed by atoms with E-state index in [4.69, 9.17) is 9.84 Å². The van der Waals surface area contributed by atoms with Crippen LogP contribution in [-0.2, 0) is 10.2 Å². The average molecular weight is 224 g/mol. The number of hydrogen-bond acceptors (Lipinski definition) is 2. The Morgan fingerprint density at radius 2 is 2.12 bits per heavy atom. The summed E-state index contributed by atoms with van der Waals surface area (Å²) in [6.07, 6.45) is 0.987. The Labute approximate surface area is 92.9 Å². The zero-order valence-corrected chi connectivity index (χ0v) is 9.21. The highest BCUT2D eigenvalue weighted by atomic mass is 19.1. The molecule has 2 rings (SSSR count). The SMILES string of the molecule is COc1ccc(F)c(C2(C(=O)O)CC2)c1C. The maximum Gasteiger partial charge on any atom is 0.314 e. The lowest BCUT2D eigenvalue weighted by Crippen LogP contribution is -2.22. The van der Waals surface area contributed by atoms with Gasteiger partial charge in [0.1, 0.15) is 11.6 Å². The van der Waals surface area contributed by atoms with Gasteiger partial charge in [-0.3, -0.25) is 4.79 Å². The van der Waals surface area contributed by atoms with Crippen LogP contribution in [0.2, 0.25) is 0 Å². The summed E-state index contributed by atoms with van der Waals surface area (Å²) in [5, 5.41) is 9.16. The second-order valence-corrected chi connectivity index (χ2v) is 4.14. The summed E-state index contributed by atoms with van der Waals surface area (Å²) < 4.78 is 18.8. The molecule has 1 N–H and O–H groups in total. The van der Waals surface area contributed by atoms with E-state index in [1.807, 2.05) is 0 Å². The third kappa shape index (κ3) is 1.37. The predicted molar refractivity (Wildman–Crippen MR) is 56.2 cm³/mol. The third-order valence-electron chi connectivity index (χ3n) is 3.22. The maximum absolute atomic E-state index is 13.7. The average Bonchev–Trinajstić information content (AvgIpc) is 2.99. The van der Waals surface area contributed by atoms with Crippen molar-refractivity contribution < 1.29 is 19.0 Å². The minimum absolute atomic E-state index is 0.277. The predicted octanol–water partition coefficient (Wildman–Crippen LogP) is 2.26. The molecule has 0 heterocycles. The van der Waals surface area contributed by atoms with Crippen molar-refractivity contribution in [2.24, 2.45) is 0 Å². The van der Waals surface area contributed by atoms with E-state index in [1.54, 1.807) is 6.92 Å². The molecule has 4 heteroatoms. The van der Waals surface area contributed by atoms with E-state index < -0.39 is 17.2 Å². The second kappa shape index (κ2) is 3.47. The van der Waals surface area contributed by atoms with Crippen LogP contribution in [-0.4, -0.2) is 18.2 Å². The molecular formula is C12H13FO3. The molecule has 1 aromatic rings. The fourth-order valence-corrected chi connectivity index (χ4v) is 2.16. The van der Waals surface area contributed by atoms with Crippen LogP contribution >= 0.6 is 0 Å². The number of benzene rings is 1. The number of ether oxygens (including phenoxy) is 1. The van der Waals surface area contributed by atoms with Crippen LogP contribution in [0.5, 0.6) is 5.75 Å². The number of carboxylic acids is 1. The first-order chi connectivity index (χ1) is 7.53. The largest absolute Gasteiger partial charge is 0.496 e. The van der Waals surface area contributed by atoms with Crippen LogP contribution in [0, 0.1) is 12.7 Å². The van der Waals surface area contributed by atoms with Gasteiger partial charge in [-0.1, -0.05) is 0 Å². The zero-order valence-electron chi connectivity index (χ0n) is 9.21.